The maximum absolute atomic E-state index is 14.9. The lowest BCUT2D eigenvalue weighted by atomic mass is 10.1. The van der Waals surface area contributed by atoms with Crippen LogP contribution >= 0.6 is 12.2 Å². The van der Waals surface area contributed by atoms with E-state index < -0.39 is 5.82 Å². The van der Waals surface area contributed by atoms with Crippen LogP contribution in [0.1, 0.15) is 15.9 Å². The summed E-state index contributed by atoms with van der Waals surface area (Å²) in [6.07, 6.45) is 1.56. The molecule has 0 fully saturated rings. The van der Waals surface area contributed by atoms with Gasteiger partial charge in [-0.25, -0.2) is 4.39 Å². The van der Waals surface area contributed by atoms with Crippen LogP contribution in [0.15, 0.2) is 66.9 Å². The van der Waals surface area contributed by atoms with Gasteiger partial charge in [0.05, 0.1) is 19.7 Å². The lowest BCUT2D eigenvalue weighted by molar-refractivity contribution is 0.0977. The number of ether oxygens (including phenoxy) is 3. The fourth-order valence-electron chi connectivity index (χ4n) is 3.44. The molecule has 4 rings (SSSR count). The molecule has 9 heteroatoms. The molecular formula is C26H22FN3O4S. The first-order valence-electron chi connectivity index (χ1n) is 10.5. The van der Waals surface area contributed by atoms with Crippen LogP contribution in [-0.4, -0.2) is 30.2 Å². The van der Waals surface area contributed by atoms with Gasteiger partial charge in [-0.3, -0.25) is 15.1 Å². The Morgan fingerprint density at radius 1 is 0.943 bits per heavy atom. The Bertz CT molecular complexity index is 1430. The summed E-state index contributed by atoms with van der Waals surface area (Å²) in [5.74, 6) is 0.455. The first-order chi connectivity index (χ1) is 16.9. The number of benzene rings is 3. The quantitative estimate of drug-likeness (QED) is 0.339. The molecule has 0 atom stereocenters. The molecule has 3 aromatic carbocycles. The van der Waals surface area contributed by atoms with Crippen LogP contribution in [0.25, 0.3) is 10.9 Å². The highest BCUT2D eigenvalue weighted by atomic mass is 32.1. The van der Waals surface area contributed by atoms with Crippen molar-refractivity contribution >= 4 is 39.8 Å². The molecule has 2 N–H and O–H groups in total. The summed E-state index contributed by atoms with van der Waals surface area (Å²) < 4.78 is 31.4. The number of nitrogens with one attached hydrogen (secondary N) is 2. The van der Waals surface area contributed by atoms with Crippen LogP contribution in [0.3, 0.4) is 0 Å². The summed E-state index contributed by atoms with van der Waals surface area (Å²) in [6, 6.07) is 16.5. The molecule has 0 spiro atoms. The van der Waals surface area contributed by atoms with E-state index >= 15 is 0 Å². The lowest BCUT2D eigenvalue weighted by Gasteiger charge is -2.14. The molecule has 7 nitrogen and oxygen atoms in total. The third-order valence-corrected chi connectivity index (χ3v) is 5.33. The topological polar surface area (TPSA) is 81.7 Å². The van der Waals surface area contributed by atoms with Gasteiger partial charge in [0.1, 0.15) is 5.75 Å². The molecule has 0 bridgehead atoms. The van der Waals surface area contributed by atoms with Crippen molar-refractivity contribution in [1.29, 1.82) is 0 Å². The highest BCUT2D eigenvalue weighted by molar-refractivity contribution is 7.80. The average Bonchev–Trinajstić information content (AvgIpc) is 2.84. The summed E-state index contributed by atoms with van der Waals surface area (Å²) >= 11 is 5.20. The fraction of sp³-hybridized carbons (Fsp3) is 0.115. The number of rotatable bonds is 6. The third kappa shape index (κ3) is 5.47. The van der Waals surface area contributed by atoms with E-state index in [1.54, 1.807) is 48.7 Å². The number of aromatic nitrogens is 1. The molecule has 0 aliphatic carbocycles. The molecule has 0 saturated carbocycles. The minimum atomic E-state index is -0.617. The van der Waals surface area contributed by atoms with Crippen molar-refractivity contribution in [1.82, 2.24) is 10.3 Å². The van der Waals surface area contributed by atoms with E-state index in [0.29, 0.717) is 39.4 Å². The van der Waals surface area contributed by atoms with E-state index in [9.17, 15) is 9.18 Å². The van der Waals surface area contributed by atoms with Gasteiger partial charge in [-0.2, -0.15) is 0 Å². The van der Waals surface area contributed by atoms with E-state index in [1.165, 1.54) is 26.4 Å². The number of nitrogens with zero attached hydrogens (tertiary/aromatic N) is 1. The van der Waals surface area contributed by atoms with Gasteiger partial charge in [0, 0.05) is 35.0 Å². The number of halogens is 1. The molecule has 0 unspecified atom stereocenters. The number of fused-ring (bicyclic) bond motifs is 1. The number of pyridine rings is 1. The first-order valence-corrected chi connectivity index (χ1v) is 11.0. The van der Waals surface area contributed by atoms with Crippen LogP contribution in [0, 0.1) is 12.7 Å². The zero-order valence-corrected chi connectivity index (χ0v) is 20.0. The molecule has 178 valence electrons. The average molecular weight is 492 g/mol. The van der Waals surface area contributed by atoms with E-state index in [1.807, 2.05) is 13.0 Å². The van der Waals surface area contributed by atoms with Crippen molar-refractivity contribution in [3.8, 4) is 23.0 Å². The molecule has 1 heterocycles. The molecule has 0 aliphatic rings. The number of anilines is 1. The monoisotopic (exact) mass is 491 g/mol. The van der Waals surface area contributed by atoms with Crippen LogP contribution in [0.2, 0.25) is 0 Å². The van der Waals surface area contributed by atoms with Crippen LogP contribution in [-0.2, 0) is 0 Å². The van der Waals surface area contributed by atoms with Crippen LogP contribution in [0.5, 0.6) is 23.0 Å². The largest absolute Gasteiger partial charge is 0.493 e. The van der Waals surface area contributed by atoms with E-state index in [4.69, 9.17) is 26.4 Å². The van der Waals surface area contributed by atoms with Gasteiger partial charge in [-0.05, 0) is 55.5 Å². The van der Waals surface area contributed by atoms with Crippen molar-refractivity contribution in [3.63, 3.8) is 0 Å². The predicted molar refractivity (Wildman–Crippen MR) is 136 cm³/mol. The second-order valence-corrected chi connectivity index (χ2v) is 7.97. The highest BCUT2D eigenvalue weighted by Gasteiger charge is 2.14. The summed E-state index contributed by atoms with van der Waals surface area (Å²) in [6.45, 7) is 1.89. The van der Waals surface area contributed by atoms with Crippen molar-refractivity contribution in [2.45, 2.75) is 6.92 Å². The molecular weight excluding hydrogens is 469 g/mol. The molecule has 0 radical (unpaired) electrons. The van der Waals surface area contributed by atoms with Crippen LogP contribution in [0.4, 0.5) is 10.1 Å². The third-order valence-electron chi connectivity index (χ3n) is 5.12. The highest BCUT2D eigenvalue weighted by Crippen LogP contribution is 2.37. The Morgan fingerprint density at radius 2 is 1.71 bits per heavy atom. The number of carbonyl (C=O) groups excluding carboxylic acids is 1. The standard InChI is InChI=1S/C26H22FN3O4S/c1-15-5-4-6-16(11-15)25(31)30-26(35)29-17-7-8-22(19(27)12-17)34-21-9-10-28-20-14-24(33-3)23(32-2)13-18(20)21/h4-14H,1-3H3,(H2,29,30,31,35). The normalized spacial score (nSPS) is 10.5. The van der Waals surface area contributed by atoms with Crippen molar-refractivity contribution in [2.24, 2.45) is 0 Å². The van der Waals surface area contributed by atoms with Crippen molar-refractivity contribution in [2.75, 3.05) is 19.5 Å². The number of amides is 1. The van der Waals surface area contributed by atoms with E-state index in [-0.39, 0.29) is 16.8 Å². The zero-order valence-electron chi connectivity index (χ0n) is 19.2. The number of hydrogen-bond acceptors (Lipinski definition) is 6. The summed E-state index contributed by atoms with van der Waals surface area (Å²) in [5, 5.41) is 6.07. The molecule has 35 heavy (non-hydrogen) atoms. The summed E-state index contributed by atoms with van der Waals surface area (Å²) in [7, 11) is 3.06. The fourth-order valence-corrected chi connectivity index (χ4v) is 3.65. The Morgan fingerprint density at radius 3 is 2.43 bits per heavy atom. The van der Waals surface area contributed by atoms with Crippen LogP contribution < -0.4 is 24.8 Å². The summed E-state index contributed by atoms with van der Waals surface area (Å²) in [4.78, 5) is 16.7. The zero-order chi connectivity index (χ0) is 24.9. The van der Waals surface area contributed by atoms with Gasteiger partial charge < -0.3 is 19.5 Å². The smallest absolute Gasteiger partial charge is 0.257 e. The summed E-state index contributed by atoms with van der Waals surface area (Å²) in [5.41, 5.74) is 2.39. The lowest BCUT2D eigenvalue weighted by Crippen LogP contribution is -2.34. The Labute approximate surface area is 206 Å². The van der Waals surface area contributed by atoms with Gasteiger partial charge in [0.2, 0.25) is 0 Å². The minimum Gasteiger partial charge on any atom is -0.493 e. The van der Waals surface area contributed by atoms with Gasteiger partial charge in [0.15, 0.2) is 28.2 Å². The maximum Gasteiger partial charge on any atom is 0.257 e. The predicted octanol–water partition coefficient (Wildman–Crippen LogP) is 5.62. The molecule has 0 saturated heterocycles. The maximum atomic E-state index is 14.9. The number of carbonyl (C=O) groups is 1. The first kappa shape index (κ1) is 23.9. The van der Waals surface area contributed by atoms with E-state index in [0.717, 1.165) is 5.56 Å². The number of hydrogen-bond donors (Lipinski definition) is 2. The molecule has 4 aromatic rings. The Kier molecular flexibility index (Phi) is 7.07. The number of thiocarbonyl (C=S) groups is 1. The molecule has 0 aliphatic heterocycles. The van der Waals surface area contributed by atoms with Gasteiger partial charge in [-0.15, -0.1) is 0 Å². The Balaban J connectivity index is 1.49. The van der Waals surface area contributed by atoms with E-state index in [2.05, 4.69) is 15.6 Å². The second-order valence-electron chi connectivity index (χ2n) is 7.56. The molecule has 1 amide bonds. The minimum absolute atomic E-state index is 0.00699. The van der Waals surface area contributed by atoms with Crippen molar-refractivity contribution < 1.29 is 23.4 Å². The van der Waals surface area contributed by atoms with Gasteiger partial charge >= 0.3 is 0 Å². The van der Waals surface area contributed by atoms with Gasteiger partial charge in [0.25, 0.3) is 5.91 Å². The Hall–Kier alpha value is -4.24. The molecule has 1 aromatic heterocycles. The number of methoxy groups -OCH3 is 2. The SMILES string of the molecule is COc1cc2nccc(Oc3ccc(NC(=S)NC(=O)c4cccc(C)c4)cc3F)c2cc1OC. The van der Waals surface area contributed by atoms with Crippen molar-refractivity contribution in [3.05, 3.63) is 83.8 Å². The second kappa shape index (κ2) is 10.4. The number of aryl methyl sites for hydroxylation is 1. The van der Waals surface area contributed by atoms with Gasteiger partial charge in [-0.1, -0.05) is 17.7 Å².